The van der Waals surface area contributed by atoms with Crippen LogP contribution in [0.1, 0.15) is 31.4 Å². The Bertz CT molecular complexity index is 557. The van der Waals surface area contributed by atoms with Crippen molar-refractivity contribution in [2.45, 2.75) is 33.4 Å². The second-order valence-electron chi connectivity index (χ2n) is 6.88. The van der Waals surface area contributed by atoms with Gasteiger partial charge in [-0.3, -0.25) is 9.69 Å². The fourth-order valence-electron chi connectivity index (χ4n) is 3.38. The minimum absolute atomic E-state index is 0.0179. The monoisotopic (exact) mass is 345 g/mol. The van der Waals surface area contributed by atoms with Crippen molar-refractivity contribution in [1.29, 1.82) is 5.26 Å². The van der Waals surface area contributed by atoms with Gasteiger partial charge in [-0.1, -0.05) is 38.1 Å². The first-order valence-corrected chi connectivity index (χ1v) is 9.74. The number of nitrogens with one attached hydrogen (secondary N) is 1. The number of carbonyl (C=O) groups excluding carboxylic acids is 1. The first-order valence-electron chi connectivity index (χ1n) is 8.58. The maximum absolute atomic E-state index is 11.6. The van der Waals surface area contributed by atoms with Crippen LogP contribution < -0.4 is 5.32 Å². The van der Waals surface area contributed by atoms with E-state index in [0.717, 1.165) is 23.9 Å². The Hall–Kier alpha value is -1.51. The lowest BCUT2D eigenvalue weighted by Gasteiger charge is -2.35. The van der Waals surface area contributed by atoms with Crippen LogP contribution in [-0.4, -0.2) is 35.4 Å². The molecule has 1 amide bonds. The third kappa shape index (κ3) is 6.54. The van der Waals surface area contributed by atoms with Crippen molar-refractivity contribution < 1.29 is 4.79 Å². The zero-order valence-corrected chi connectivity index (χ0v) is 15.4. The molecule has 5 heteroatoms. The summed E-state index contributed by atoms with van der Waals surface area (Å²) in [5.74, 6) is 2.24. The second kappa shape index (κ2) is 9.71. The van der Waals surface area contributed by atoms with E-state index in [0.29, 0.717) is 18.1 Å². The van der Waals surface area contributed by atoms with Gasteiger partial charge in [-0.25, -0.2) is 0 Å². The number of hydrogen-bond donors (Lipinski definition) is 1. The highest BCUT2D eigenvalue weighted by Gasteiger charge is 2.21. The lowest BCUT2D eigenvalue weighted by molar-refractivity contribution is -0.118. The fourth-order valence-corrected chi connectivity index (χ4v) is 3.86. The van der Waals surface area contributed by atoms with Gasteiger partial charge in [-0.15, -0.1) is 11.8 Å². The number of carbonyl (C=O) groups is 1. The third-order valence-corrected chi connectivity index (χ3v) is 5.06. The summed E-state index contributed by atoms with van der Waals surface area (Å²) in [6.07, 6.45) is 1.34. The predicted molar refractivity (Wildman–Crippen MR) is 99.4 cm³/mol. The molecule has 2 rings (SSSR count). The van der Waals surface area contributed by atoms with Crippen molar-refractivity contribution in [1.82, 2.24) is 10.2 Å². The number of likely N-dealkylation sites (tertiary alicyclic amines) is 1. The van der Waals surface area contributed by atoms with Gasteiger partial charge in [-0.2, -0.15) is 5.26 Å². The van der Waals surface area contributed by atoms with Crippen molar-refractivity contribution in [3.05, 3.63) is 35.4 Å². The van der Waals surface area contributed by atoms with E-state index in [1.807, 2.05) is 6.07 Å². The Morgan fingerprint density at radius 2 is 1.88 bits per heavy atom. The van der Waals surface area contributed by atoms with Crippen LogP contribution in [0.3, 0.4) is 0 Å². The molecule has 0 saturated carbocycles. The Labute approximate surface area is 149 Å². The van der Waals surface area contributed by atoms with Crippen LogP contribution in [0.15, 0.2) is 24.3 Å². The van der Waals surface area contributed by atoms with Gasteiger partial charge in [0.15, 0.2) is 0 Å². The molecule has 0 aliphatic carbocycles. The molecule has 1 aliphatic heterocycles. The van der Waals surface area contributed by atoms with Crippen LogP contribution in [0.5, 0.6) is 0 Å². The largest absolute Gasteiger partial charge is 0.351 e. The van der Waals surface area contributed by atoms with Crippen LogP contribution in [-0.2, 0) is 17.9 Å². The van der Waals surface area contributed by atoms with Gasteiger partial charge < -0.3 is 5.32 Å². The van der Waals surface area contributed by atoms with Crippen LogP contribution in [0.25, 0.3) is 0 Å². The van der Waals surface area contributed by atoms with Gasteiger partial charge in [-0.05, 0) is 29.4 Å². The third-order valence-electron chi connectivity index (χ3n) is 4.26. The Morgan fingerprint density at radius 1 is 1.25 bits per heavy atom. The minimum Gasteiger partial charge on any atom is -0.351 e. The van der Waals surface area contributed by atoms with Gasteiger partial charge >= 0.3 is 0 Å². The van der Waals surface area contributed by atoms with Crippen molar-refractivity contribution in [2.75, 3.05) is 24.6 Å². The quantitative estimate of drug-likeness (QED) is 0.772. The summed E-state index contributed by atoms with van der Waals surface area (Å²) < 4.78 is 0. The summed E-state index contributed by atoms with van der Waals surface area (Å²) in [5.41, 5.74) is 2.44. The molecule has 0 radical (unpaired) electrons. The van der Waals surface area contributed by atoms with Crippen LogP contribution in [0.4, 0.5) is 0 Å². The smallest absolute Gasteiger partial charge is 0.230 e. The van der Waals surface area contributed by atoms with E-state index in [9.17, 15) is 4.79 Å². The highest BCUT2D eigenvalue weighted by Crippen LogP contribution is 2.22. The molecule has 1 saturated heterocycles. The summed E-state index contributed by atoms with van der Waals surface area (Å²) in [5, 5.41) is 11.3. The molecular weight excluding hydrogens is 318 g/mol. The zero-order valence-electron chi connectivity index (χ0n) is 14.6. The first kappa shape index (κ1) is 18.8. The molecule has 130 valence electrons. The molecule has 4 nitrogen and oxygen atoms in total. The number of nitriles is 1. The Kier molecular flexibility index (Phi) is 7.61. The molecule has 0 unspecified atom stereocenters. The lowest BCUT2D eigenvalue weighted by Crippen LogP contribution is -2.38. The molecule has 0 spiro atoms. The standard InChI is InChI=1S/C19H27N3OS/c1-15-9-16(2)12-22(11-15)13-18-5-3-17(4-6-18)10-21-19(23)14-24-8-7-20/h3-6,15-16H,8-14H2,1-2H3,(H,21,23)/t15-,16-/m1/s1. The van der Waals surface area contributed by atoms with Gasteiger partial charge in [0.1, 0.15) is 0 Å². The number of hydrogen-bond acceptors (Lipinski definition) is 4. The molecule has 2 atom stereocenters. The molecule has 1 N–H and O–H groups in total. The number of piperidine rings is 1. The van der Waals surface area contributed by atoms with E-state index >= 15 is 0 Å². The maximum atomic E-state index is 11.6. The number of thioether (sulfide) groups is 1. The molecular formula is C19H27N3OS. The number of nitrogens with zero attached hydrogens (tertiary/aromatic N) is 2. The number of amides is 1. The summed E-state index contributed by atoms with van der Waals surface area (Å²) in [7, 11) is 0. The lowest BCUT2D eigenvalue weighted by atomic mass is 9.91. The highest BCUT2D eigenvalue weighted by molar-refractivity contribution is 8.00. The van der Waals surface area contributed by atoms with Crippen molar-refractivity contribution in [2.24, 2.45) is 11.8 Å². The predicted octanol–water partition coefficient (Wildman–Crippen LogP) is 3.04. The van der Waals surface area contributed by atoms with E-state index in [-0.39, 0.29) is 5.91 Å². The summed E-state index contributed by atoms with van der Waals surface area (Å²) in [6.45, 7) is 8.59. The Balaban J connectivity index is 1.76. The maximum Gasteiger partial charge on any atom is 0.230 e. The van der Waals surface area contributed by atoms with E-state index in [2.05, 4.69) is 48.3 Å². The van der Waals surface area contributed by atoms with Crippen molar-refractivity contribution in [3.8, 4) is 6.07 Å². The SMILES string of the molecule is C[C@@H]1C[C@@H](C)CN(Cc2ccc(CNC(=O)CSCC#N)cc2)C1. The molecule has 1 aliphatic rings. The highest BCUT2D eigenvalue weighted by atomic mass is 32.2. The zero-order chi connectivity index (χ0) is 17.4. The summed E-state index contributed by atoms with van der Waals surface area (Å²) in [6, 6.07) is 10.5. The molecule has 0 bridgehead atoms. The van der Waals surface area contributed by atoms with Gasteiger partial charge in [0.05, 0.1) is 17.6 Å². The van der Waals surface area contributed by atoms with Crippen molar-refractivity contribution in [3.63, 3.8) is 0 Å². The van der Waals surface area contributed by atoms with Gasteiger partial charge in [0.2, 0.25) is 5.91 Å². The average Bonchev–Trinajstić information content (AvgIpc) is 2.53. The van der Waals surface area contributed by atoms with Gasteiger partial charge in [0.25, 0.3) is 0 Å². The molecule has 24 heavy (non-hydrogen) atoms. The fraction of sp³-hybridized carbons (Fsp3) is 0.579. The molecule has 0 aromatic heterocycles. The van der Waals surface area contributed by atoms with E-state index in [1.165, 1.54) is 36.8 Å². The average molecular weight is 346 g/mol. The first-order chi connectivity index (χ1) is 11.6. The molecule has 1 aromatic rings. The second-order valence-corrected chi connectivity index (χ2v) is 7.87. The molecule has 1 aromatic carbocycles. The normalized spacial score (nSPS) is 21.2. The minimum atomic E-state index is -0.0179. The number of rotatable bonds is 7. The Morgan fingerprint density at radius 3 is 2.50 bits per heavy atom. The van der Waals surface area contributed by atoms with Gasteiger partial charge in [0, 0.05) is 26.2 Å². The summed E-state index contributed by atoms with van der Waals surface area (Å²) in [4.78, 5) is 14.2. The van der Waals surface area contributed by atoms with E-state index in [4.69, 9.17) is 5.26 Å². The van der Waals surface area contributed by atoms with Crippen LogP contribution in [0.2, 0.25) is 0 Å². The topological polar surface area (TPSA) is 56.1 Å². The van der Waals surface area contributed by atoms with E-state index in [1.54, 1.807) is 0 Å². The number of benzene rings is 1. The van der Waals surface area contributed by atoms with Crippen molar-refractivity contribution >= 4 is 17.7 Å². The summed E-state index contributed by atoms with van der Waals surface area (Å²) >= 11 is 1.34. The van der Waals surface area contributed by atoms with E-state index < -0.39 is 0 Å². The molecule has 1 fully saturated rings. The molecule has 1 heterocycles. The van der Waals surface area contributed by atoms with Crippen LogP contribution in [0, 0.1) is 23.2 Å². The van der Waals surface area contributed by atoms with Crippen LogP contribution >= 0.6 is 11.8 Å².